The molecule has 0 unspecified atom stereocenters. The zero-order valence-corrected chi connectivity index (χ0v) is 32.3. The molecule has 2 nitrogen and oxygen atoms in total. The van der Waals surface area contributed by atoms with E-state index in [0.717, 1.165) is 0 Å². The number of H-pyrrole nitrogens is 2. The van der Waals surface area contributed by atoms with Gasteiger partial charge in [-0.25, -0.2) is 0 Å². The van der Waals surface area contributed by atoms with Crippen molar-refractivity contribution in [1.82, 2.24) is 9.97 Å². The molecule has 0 aliphatic heterocycles. The van der Waals surface area contributed by atoms with Crippen LogP contribution in [-0.2, 0) is 23.3 Å². The third-order valence-electron chi connectivity index (χ3n) is 9.45. The van der Waals surface area contributed by atoms with Gasteiger partial charge < -0.3 is 9.97 Å². The van der Waals surface area contributed by atoms with Crippen molar-refractivity contribution < 1.29 is 23.3 Å². The zero-order chi connectivity index (χ0) is 34.4. The molecule has 4 heteroatoms. The molecule has 10 aromatic rings. The number of benzene rings is 6. The Hall–Kier alpha value is -4.76. The van der Waals surface area contributed by atoms with E-state index in [-0.39, 0.29) is 5.43 Å². The number of hydrogen-bond donors (Lipinski definition) is 2. The molecule has 0 saturated heterocycles. The van der Waals surface area contributed by atoms with Crippen molar-refractivity contribution in [3.63, 3.8) is 0 Å². The van der Waals surface area contributed by atoms with Gasteiger partial charge in [-0.15, -0.1) is 69.1 Å². The van der Waals surface area contributed by atoms with Crippen LogP contribution in [0, 0.1) is 13.8 Å². The Morgan fingerprint density at radius 2 is 0.800 bits per heavy atom. The second kappa shape index (κ2) is 13.5. The fraction of sp³-hybridized carbons (Fsp3) is 0.0870. The van der Waals surface area contributed by atoms with Crippen LogP contribution < -0.4 is 0 Å². The number of aromatic amines is 2. The van der Waals surface area contributed by atoms with E-state index in [4.69, 9.17) is 0 Å². The summed E-state index contributed by atoms with van der Waals surface area (Å²) in [6.07, 6.45) is 0. The van der Waals surface area contributed by atoms with Gasteiger partial charge in [-0.2, -0.15) is 12.1 Å². The van der Waals surface area contributed by atoms with E-state index in [0.29, 0.717) is 0 Å². The van der Waals surface area contributed by atoms with Gasteiger partial charge in [0.2, 0.25) is 0 Å². The number of hydrogen-bond acceptors (Lipinski definition) is 0. The molecule has 8 aromatic carbocycles. The van der Waals surface area contributed by atoms with E-state index in [1.165, 1.54) is 98.5 Å². The van der Waals surface area contributed by atoms with Crippen molar-refractivity contribution >= 4 is 70.6 Å². The normalized spacial score (nSPS) is 11.3. The molecule has 0 spiro atoms. The predicted octanol–water partition coefficient (Wildman–Crippen LogP) is 13.1. The van der Waals surface area contributed by atoms with Gasteiger partial charge in [0.1, 0.15) is 0 Å². The maximum absolute atomic E-state index is 3.62. The summed E-state index contributed by atoms with van der Waals surface area (Å²) in [5.41, 5.74) is 12.8. The molecule has 2 heterocycles. The minimum absolute atomic E-state index is 0.210. The average Bonchev–Trinajstić information content (AvgIpc) is 3.89. The summed E-state index contributed by atoms with van der Waals surface area (Å²) in [5, 5.41) is 10.4. The molecule has 0 aliphatic rings. The second-order valence-electron chi connectivity index (χ2n) is 13.5. The first kappa shape index (κ1) is 32.4. The predicted molar refractivity (Wildman–Crippen MR) is 216 cm³/mol. The van der Waals surface area contributed by atoms with Gasteiger partial charge in [-0.3, -0.25) is 0 Å². The molecule has 0 amide bonds. The molecule has 240 valence electrons. The quantitative estimate of drug-likeness (QED) is 0.131. The van der Waals surface area contributed by atoms with Crippen LogP contribution in [0.2, 0.25) is 13.1 Å². The number of fused-ring (bicyclic) bond motifs is 8. The van der Waals surface area contributed by atoms with Crippen LogP contribution in [0.4, 0.5) is 0 Å². The van der Waals surface area contributed by atoms with Gasteiger partial charge in [0, 0.05) is 32.6 Å². The largest absolute Gasteiger partial charge is 0.354 e. The SMILES string of the molecule is C[Si](C)=[Zr+2].Cc1cc2c(-c3cccc4c3[nH]c3ccccc34)cccc2[cH-]1.Cc1cc2c(-c3cccc4c3[nH]c3ccccc34)cccc2[cH-]1. The maximum Gasteiger partial charge on any atom is 0.0536 e. The molecule has 0 aliphatic carbocycles. The molecule has 0 bridgehead atoms. The van der Waals surface area contributed by atoms with Crippen LogP contribution >= 0.6 is 0 Å². The Morgan fingerprint density at radius 3 is 1.24 bits per heavy atom. The van der Waals surface area contributed by atoms with Crippen molar-refractivity contribution in [1.29, 1.82) is 0 Å². The van der Waals surface area contributed by atoms with Crippen LogP contribution in [0.25, 0.3) is 87.4 Å². The third kappa shape index (κ3) is 6.02. The molecule has 2 N–H and O–H groups in total. The molecular formula is C46H38N2SiZr. The molecule has 0 radical (unpaired) electrons. The molecule has 0 fully saturated rings. The Labute approximate surface area is 307 Å². The minimum Gasteiger partial charge on any atom is -0.354 e. The van der Waals surface area contributed by atoms with Crippen molar-refractivity contribution in [2.75, 3.05) is 0 Å². The Morgan fingerprint density at radius 1 is 0.440 bits per heavy atom. The van der Waals surface area contributed by atoms with E-state index in [1.807, 2.05) is 0 Å². The fourth-order valence-electron chi connectivity index (χ4n) is 7.43. The van der Waals surface area contributed by atoms with Crippen molar-refractivity contribution in [2.24, 2.45) is 0 Å². The van der Waals surface area contributed by atoms with Gasteiger partial charge >= 0.3 is 41.9 Å². The monoisotopic (exact) mass is 736 g/mol. The summed E-state index contributed by atoms with van der Waals surface area (Å²) in [7, 11) is 0. The Kier molecular flexibility index (Phi) is 8.77. The first-order valence-electron chi connectivity index (χ1n) is 17.2. The number of aromatic nitrogens is 2. The van der Waals surface area contributed by atoms with Crippen molar-refractivity contribution in [3.05, 3.63) is 157 Å². The summed E-state index contributed by atoms with van der Waals surface area (Å²) >= 11 is 1.74. The summed E-state index contributed by atoms with van der Waals surface area (Å²) < 4.78 is 0. The summed E-state index contributed by atoms with van der Waals surface area (Å²) in [4.78, 5) is 7.23. The first-order valence-corrected chi connectivity index (χ1v) is 23.4. The van der Waals surface area contributed by atoms with E-state index < -0.39 is 0 Å². The van der Waals surface area contributed by atoms with Crippen molar-refractivity contribution in [2.45, 2.75) is 26.9 Å². The fourth-order valence-corrected chi connectivity index (χ4v) is 7.43. The van der Waals surface area contributed by atoms with E-state index in [9.17, 15) is 0 Å². The van der Waals surface area contributed by atoms with Crippen LogP contribution in [0.5, 0.6) is 0 Å². The Balaban J connectivity index is 0.000000131. The van der Waals surface area contributed by atoms with Crippen LogP contribution in [-0.4, -0.2) is 15.4 Å². The van der Waals surface area contributed by atoms with Crippen LogP contribution in [0.1, 0.15) is 11.1 Å². The van der Waals surface area contributed by atoms with E-state index >= 15 is 0 Å². The standard InChI is InChI=1S/2C22H16N.C2H6Si.Zr/c2*1-14-12-15-6-4-8-16(20(15)13-14)18-9-5-10-19-17-7-2-3-11-21(17)23-22(18)19;1-3-2;/h2*2-13,23H,1H3;1-2H3;/q2*-1;;+2. The minimum atomic E-state index is 0.210. The van der Waals surface area contributed by atoms with Gasteiger partial charge in [-0.05, 0) is 23.3 Å². The summed E-state index contributed by atoms with van der Waals surface area (Å²) in [6.45, 7) is 8.94. The van der Waals surface area contributed by atoms with E-state index in [1.54, 1.807) is 23.3 Å². The molecule has 10 rings (SSSR count). The number of para-hydroxylation sites is 4. The van der Waals surface area contributed by atoms with Gasteiger partial charge in [0.15, 0.2) is 0 Å². The van der Waals surface area contributed by atoms with E-state index in [2.05, 4.69) is 183 Å². The summed E-state index contributed by atoms with van der Waals surface area (Å²) in [5.74, 6) is 0. The number of nitrogens with one attached hydrogen (secondary N) is 2. The molecule has 0 atom stereocenters. The zero-order valence-electron chi connectivity index (χ0n) is 28.9. The smallest absolute Gasteiger partial charge is 0.0536 e. The van der Waals surface area contributed by atoms with Gasteiger partial charge in [-0.1, -0.05) is 110 Å². The van der Waals surface area contributed by atoms with Crippen LogP contribution in [0.3, 0.4) is 0 Å². The van der Waals surface area contributed by atoms with Gasteiger partial charge in [0.25, 0.3) is 0 Å². The Bertz CT molecular complexity index is 2650. The second-order valence-corrected chi connectivity index (χ2v) is 22.9. The van der Waals surface area contributed by atoms with Crippen molar-refractivity contribution in [3.8, 4) is 22.3 Å². The topological polar surface area (TPSA) is 31.6 Å². The summed E-state index contributed by atoms with van der Waals surface area (Å²) in [6, 6.07) is 52.4. The number of aryl methyl sites for hydroxylation is 2. The molecule has 2 aromatic heterocycles. The third-order valence-corrected chi connectivity index (χ3v) is 9.45. The van der Waals surface area contributed by atoms with Crippen LogP contribution in [0.15, 0.2) is 146 Å². The molecular weight excluding hydrogens is 700 g/mol. The number of rotatable bonds is 2. The maximum atomic E-state index is 3.62. The molecule has 0 saturated carbocycles. The van der Waals surface area contributed by atoms with Gasteiger partial charge in [0.05, 0.1) is 11.0 Å². The molecule has 50 heavy (non-hydrogen) atoms. The average molecular weight is 738 g/mol. The first-order chi connectivity index (χ1) is 24.4.